The number of nitrogens with zero attached hydrogens (tertiary/aromatic N) is 1. The molecule has 1 aromatic heterocycles. The van der Waals surface area contributed by atoms with Gasteiger partial charge in [-0.1, -0.05) is 18.2 Å². The molecule has 62 valence electrons. The lowest BCUT2D eigenvalue weighted by molar-refractivity contribution is 0.474. The fraction of sp³-hybridized carbons (Fsp3) is 0. The summed E-state index contributed by atoms with van der Waals surface area (Å²) >= 11 is 0. The molecule has 0 aliphatic heterocycles. The lowest BCUT2D eigenvalue weighted by atomic mass is 10.2. The van der Waals surface area contributed by atoms with Crippen LogP contribution in [-0.2, 0) is 0 Å². The van der Waals surface area contributed by atoms with Crippen LogP contribution < -0.4 is 0 Å². The van der Waals surface area contributed by atoms with E-state index < -0.39 is 0 Å². The topological polar surface area (TPSA) is 33.1 Å². The number of pyridine rings is 1. The summed E-state index contributed by atoms with van der Waals surface area (Å²) in [5, 5.41) is 10.0. The van der Waals surface area contributed by atoms with Gasteiger partial charge in [-0.25, -0.2) is 0 Å². The minimum absolute atomic E-state index is 0. The molecule has 0 unspecified atom stereocenters. The van der Waals surface area contributed by atoms with Gasteiger partial charge in [0.1, 0.15) is 5.75 Å². The van der Waals surface area contributed by atoms with E-state index in [0.29, 0.717) is 0 Å². The van der Waals surface area contributed by atoms with Crippen molar-refractivity contribution in [1.29, 1.82) is 0 Å². The van der Waals surface area contributed by atoms with E-state index in [1.165, 1.54) is 6.20 Å². The Balaban J connectivity index is 0.000000720. The second-order valence-electron chi connectivity index (χ2n) is 2.39. The number of rotatable bonds is 0. The Hall–Kier alpha value is -1.28. The minimum Gasteiger partial charge on any atom is -0.506 e. The number of hydrogen-bond donors (Lipinski definition) is 1. The first kappa shape index (κ1) is 8.81. The van der Waals surface area contributed by atoms with Gasteiger partial charge >= 0.3 is 0 Å². The van der Waals surface area contributed by atoms with Crippen LogP contribution in [0.2, 0.25) is 0 Å². The molecule has 0 amide bonds. The third-order valence-corrected chi connectivity index (χ3v) is 1.58. The SMILES string of the molecule is Cl.Oc1cnc2ccccc2c1. The van der Waals surface area contributed by atoms with Crippen LogP contribution in [0.25, 0.3) is 10.9 Å². The summed E-state index contributed by atoms with van der Waals surface area (Å²) < 4.78 is 0. The van der Waals surface area contributed by atoms with Crippen LogP contribution in [0.5, 0.6) is 5.75 Å². The second-order valence-corrected chi connectivity index (χ2v) is 2.39. The van der Waals surface area contributed by atoms with Gasteiger partial charge in [-0.2, -0.15) is 0 Å². The van der Waals surface area contributed by atoms with Crippen LogP contribution in [0.4, 0.5) is 0 Å². The highest BCUT2D eigenvalue weighted by atomic mass is 35.5. The molecule has 0 spiro atoms. The molecule has 0 radical (unpaired) electrons. The maximum atomic E-state index is 9.07. The molecule has 0 saturated heterocycles. The molecule has 0 aliphatic carbocycles. The van der Waals surface area contributed by atoms with E-state index in [-0.39, 0.29) is 18.2 Å². The highest BCUT2D eigenvalue weighted by Crippen LogP contribution is 2.15. The first-order valence-corrected chi connectivity index (χ1v) is 3.40. The van der Waals surface area contributed by atoms with Crippen molar-refractivity contribution in [2.24, 2.45) is 0 Å². The summed E-state index contributed by atoms with van der Waals surface area (Å²) in [4.78, 5) is 4.03. The van der Waals surface area contributed by atoms with Crippen molar-refractivity contribution >= 4 is 23.3 Å². The number of benzene rings is 1. The number of para-hydroxylation sites is 1. The van der Waals surface area contributed by atoms with E-state index in [2.05, 4.69) is 4.98 Å². The Labute approximate surface area is 76.3 Å². The fourth-order valence-corrected chi connectivity index (χ4v) is 1.06. The average Bonchev–Trinajstić information content (AvgIpc) is 2.04. The summed E-state index contributed by atoms with van der Waals surface area (Å²) in [6.07, 6.45) is 1.45. The number of halogens is 1. The molecule has 0 fully saturated rings. The summed E-state index contributed by atoms with van der Waals surface area (Å²) in [5.74, 6) is 0.212. The smallest absolute Gasteiger partial charge is 0.134 e. The van der Waals surface area contributed by atoms with Crippen LogP contribution in [0.1, 0.15) is 0 Å². The van der Waals surface area contributed by atoms with Crippen LogP contribution in [0, 0.1) is 0 Å². The zero-order chi connectivity index (χ0) is 7.68. The summed E-state index contributed by atoms with van der Waals surface area (Å²) in [6, 6.07) is 9.37. The van der Waals surface area contributed by atoms with E-state index >= 15 is 0 Å². The Kier molecular flexibility index (Phi) is 2.51. The first-order valence-electron chi connectivity index (χ1n) is 3.40. The number of aromatic nitrogens is 1. The van der Waals surface area contributed by atoms with Crippen LogP contribution in [0.3, 0.4) is 0 Å². The molecular weight excluding hydrogens is 174 g/mol. The Morgan fingerprint density at radius 3 is 2.75 bits per heavy atom. The quantitative estimate of drug-likeness (QED) is 0.677. The van der Waals surface area contributed by atoms with Gasteiger partial charge < -0.3 is 5.11 Å². The summed E-state index contributed by atoms with van der Waals surface area (Å²) in [5.41, 5.74) is 0.908. The molecule has 0 bridgehead atoms. The maximum absolute atomic E-state index is 9.07. The van der Waals surface area contributed by atoms with Crippen LogP contribution in [-0.4, -0.2) is 10.1 Å². The van der Waals surface area contributed by atoms with E-state index in [1.807, 2.05) is 24.3 Å². The molecule has 2 aromatic rings. The van der Waals surface area contributed by atoms with Gasteiger partial charge in [-0.05, 0) is 12.1 Å². The predicted molar refractivity (Wildman–Crippen MR) is 50.7 cm³/mol. The molecule has 2 nitrogen and oxygen atoms in total. The predicted octanol–water partition coefficient (Wildman–Crippen LogP) is 2.36. The fourth-order valence-electron chi connectivity index (χ4n) is 1.06. The Morgan fingerprint density at radius 2 is 1.92 bits per heavy atom. The molecule has 0 aliphatic rings. The third kappa shape index (κ3) is 1.48. The highest BCUT2D eigenvalue weighted by Gasteiger charge is 1.92. The molecule has 1 aromatic carbocycles. The largest absolute Gasteiger partial charge is 0.506 e. The molecule has 12 heavy (non-hydrogen) atoms. The zero-order valence-electron chi connectivity index (χ0n) is 6.27. The van der Waals surface area contributed by atoms with E-state index in [0.717, 1.165) is 10.9 Å². The van der Waals surface area contributed by atoms with Crippen LogP contribution >= 0.6 is 12.4 Å². The van der Waals surface area contributed by atoms with Gasteiger partial charge in [0.05, 0.1) is 11.7 Å². The van der Waals surface area contributed by atoms with Gasteiger partial charge in [-0.3, -0.25) is 4.98 Å². The van der Waals surface area contributed by atoms with Crippen molar-refractivity contribution in [1.82, 2.24) is 4.98 Å². The molecule has 2 rings (SSSR count). The van der Waals surface area contributed by atoms with E-state index in [4.69, 9.17) is 5.11 Å². The van der Waals surface area contributed by atoms with Gasteiger partial charge in [-0.15, -0.1) is 12.4 Å². The summed E-state index contributed by atoms with van der Waals surface area (Å²) in [7, 11) is 0. The van der Waals surface area contributed by atoms with Crippen molar-refractivity contribution in [3.05, 3.63) is 36.5 Å². The van der Waals surface area contributed by atoms with Gasteiger partial charge in [0, 0.05) is 5.39 Å². The minimum atomic E-state index is 0. The second kappa shape index (κ2) is 3.41. The van der Waals surface area contributed by atoms with Crippen molar-refractivity contribution in [3.63, 3.8) is 0 Å². The molecule has 3 heteroatoms. The van der Waals surface area contributed by atoms with E-state index in [1.54, 1.807) is 6.07 Å². The summed E-state index contributed by atoms with van der Waals surface area (Å²) in [6.45, 7) is 0. The maximum Gasteiger partial charge on any atom is 0.134 e. The average molecular weight is 182 g/mol. The van der Waals surface area contributed by atoms with Crippen LogP contribution in [0.15, 0.2) is 36.5 Å². The number of aromatic hydroxyl groups is 1. The Bertz CT molecular complexity index is 389. The molecular formula is C9H8ClNO. The Morgan fingerprint density at radius 1 is 1.17 bits per heavy atom. The molecule has 0 saturated carbocycles. The van der Waals surface area contributed by atoms with Gasteiger partial charge in [0.15, 0.2) is 0 Å². The molecule has 1 N–H and O–H groups in total. The monoisotopic (exact) mass is 181 g/mol. The lowest BCUT2D eigenvalue weighted by Gasteiger charge is -1.95. The normalized spacial score (nSPS) is 9.33. The van der Waals surface area contributed by atoms with Gasteiger partial charge in [0.2, 0.25) is 0 Å². The molecule has 0 atom stereocenters. The van der Waals surface area contributed by atoms with Gasteiger partial charge in [0.25, 0.3) is 0 Å². The van der Waals surface area contributed by atoms with Crippen molar-refractivity contribution in [2.45, 2.75) is 0 Å². The number of fused-ring (bicyclic) bond motifs is 1. The number of hydrogen-bond acceptors (Lipinski definition) is 2. The lowest BCUT2D eigenvalue weighted by Crippen LogP contribution is -1.75. The van der Waals surface area contributed by atoms with Crippen molar-refractivity contribution < 1.29 is 5.11 Å². The molecule has 1 heterocycles. The first-order chi connectivity index (χ1) is 5.36. The standard InChI is InChI=1S/C9H7NO.ClH/c11-8-5-7-3-1-2-4-9(7)10-6-8;/h1-6,11H;1H. The zero-order valence-corrected chi connectivity index (χ0v) is 7.08. The third-order valence-electron chi connectivity index (χ3n) is 1.58. The van der Waals surface area contributed by atoms with Crippen molar-refractivity contribution in [2.75, 3.05) is 0 Å². The van der Waals surface area contributed by atoms with E-state index in [9.17, 15) is 0 Å². The van der Waals surface area contributed by atoms with Crippen molar-refractivity contribution in [3.8, 4) is 5.75 Å². The highest BCUT2D eigenvalue weighted by molar-refractivity contribution is 5.85.